The van der Waals surface area contributed by atoms with Gasteiger partial charge in [0, 0.05) is 59.2 Å². The van der Waals surface area contributed by atoms with Gasteiger partial charge in [0.2, 0.25) is 0 Å². The number of hydrogen-bond acceptors (Lipinski definition) is 5. The number of nitrogens with zero attached hydrogens (tertiary/aromatic N) is 3. The SMILES string of the molecule is O=C(O)c1cc(C#Cc2ccc(OCc3c(-c4c(Cl)cccc4Cl)noc3C3CC3)cc2Cl)c2ccn(Cc3ccncc3)c2c1. The molecule has 228 valence electrons. The number of aromatic carboxylic acids is 1. The summed E-state index contributed by atoms with van der Waals surface area (Å²) in [6.45, 7) is 0.753. The zero-order chi connectivity index (χ0) is 31.8. The van der Waals surface area contributed by atoms with E-state index in [2.05, 4.69) is 22.0 Å². The molecule has 0 radical (unpaired) electrons. The standard InChI is InChI=1S/C36H24Cl3N3O4/c37-29-2-1-3-30(38)33(29)34-28(35(46-41-34)23-5-6-23)20-45-26-9-8-22(31(39)18-26)4-7-24-16-25(36(43)44)17-32-27(24)12-15-42(32)19-21-10-13-40-14-11-21/h1-3,8-18,23H,5-6,19-20H2,(H,43,44). The van der Waals surface area contributed by atoms with Crippen LogP contribution in [0.1, 0.15) is 57.1 Å². The molecule has 6 aromatic rings. The van der Waals surface area contributed by atoms with Gasteiger partial charge in [0.15, 0.2) is 0 Å². The van der Waals surface area contributed by atoms with Crippen LogP contribution in [-0.2, 0) is 13.2 Å². The molecule has 3 aromatic carbocycles. The van der Waals surface area contributed by atoms with E-state index in [1.807, 2.05) is 29.0 Å². The van der Waals surface area contributed by atoms with Gasteiger partial charge in [0.1, 0.15) is 23.8 Å². The van der Waals surface area contributed by atoms with Crippen molar-refractivity contribution in [2.75, 3.05) is 0 Å². The molecule has 3 heterocycles. The van der Waals surface area contributed by atoms with Crippen LogP contribution in [0.4, 0.5) is 0 Å². The normalized spacial score (nSPS) is 12.6. The number of ether oxygens (including phenoxy) is 1. The quantitative estimate of drug-likeness (QED) is 0.163. The van der Waals surface area contributed by atoms with Crippen molar-refractivity contribution >= 4 is 51.7 Å². The summed E-state index contributed by atoms with van der Waals surface area (Å²) in [4.78, 5) is 16.0. The van der Waals surface area contributed by atoms with Crippen molar-refractivity contribution in [2.24, 2.45) is 0 Å². The van der Waals surface area contributed by atoms with E-state index >= 15 is 0 Å². The topological polar surface area (TPSA) is 90.4 Å². The van der Waals surface area contributed by atoms with Crippen molar-refractivity contribution in [3.8, 4) is 28.8 Å². The predicted octanol–water partition coefficient (Wildman–Crippen LogP) is 9.25. The van der Waals surface area contributed by atoms with Crippen LogP contribution in [0, 0.1) is 11.8 Å². The molecule has 7 nitrogen and oxygen atoms in total. The predicted molar refractivity (Wildman–Crippen MR) is 178 cm³/mol. The van der Waals surface area contributed by atoms with Crippen molar-refractivity contribution in [3.63, 3.8) is 0 Å². The van der Waals surface area contributed by atoms with E-state index < -0.39 is 5.97 Å². The van der Waals surface area contributed by atoms with Gasteiger partial charge in [-0.2, -0.15) is 0 Å². The van der Waals surface area contributed by atoms with Crippen molar-refractivity contribution in [3.05, 3.63) is 134 Å². The molecule has 0 amide bonds. The Labute approximate surface area is 279 Å². The highest BCUT2D eigenvalue weighted by Gasteiger charge is 2.33. The van der Waals surface area contributed by atoms with Gasteiger partial charge in [-0.25, -0.2) is 4.79 Å². The summed E-state index contributed by atoms with van der Waals surface area (Å²) >= 11 is 19.6. The van der Waals surface area contributed by atoms with Crippen LogP contribution in [0.5, 0.6) is 5.75 Å². The Kier molecular flexibility index (Phi) is 8.18. The first-order valence-corrected chi connectivity index (χ1v) is 15.6. The van der Waals surface area contributed by atoms with Gasteiger partial charge in [-0.3, -0.25) is 4.98 Å². The van der Waals surface area contributed by atoms with Gasteiger partial charge < -0.3 is 18.9 Å². The van der Waals surface area contributed by atoms with E-state index in [1.165, 1.54) is 0 Å². The Balaban J connectivity index is 1.15. The van der Waals surface area contributed by atoms with E-state index in [9.17, 15) is 9.90 Å². The minimum atomic E-state index is -1.03. The average molecular weight is 669 g/mol. The minimum absolute atomic E-state index is 0.151. The zero-order valence-electron chi connectivity index (χ0n) is 24.1. The van der Waals surface area contributed by atoms with Gasteiger partial charge in [-0.15, -0.1) is 0 Å². The first-order valence-electron chi connectivity index (χ1n) is 14.5. The highest BCUT2D eigenvalue weighted by atomic mass is 35.5. The largest absolute Gasteiger partial charge is 0.489 e. The highest BCUT2D eigenvalue weighted by Crippen LogP contribution is 2.46. The molecule has 0 aliphatic heterocycles. The number of halogens is 3. The van der Waals surface area contributed by atoms with Crippen molar-refractivity contribution in [1.29, 1.82) is 0 Å². The fraction of sp³-hybridized carbons (Fsp3) is 0.139. The van der Waals surface area contributed by atoms with Gasteiger partial charge in [-0.1, -0.05) is 57.9 Å². The maximum atomic E-state index is 12.0. The Morgan fingerprint density at radius 2 is 1.72 bits per heavy atom. The second-order valence-corrected chi connectivity index (χ2v) is 12.2. The molecule has 3 aromatic heterocycles. The van der Waals surface area contributed by atoms with E-state index in [1.54, 1.807) is 60.9 Å². The summed E-state index contributed by atoms with van der Waals surface area (Å²) in [5.74, 6) is 6.85. The highest BCUT2D eigenvalue weighted by molar-refractivity contribution is 6.39. The summed E-state index contributed by atoms with van der Waals surface area (Å²) < 4.78 is 13.9. The Morgan fingerprint density at radius 1 is 0.957 bits per heavy atom. The van der Waals surface area contributed by atoms with Crippen LogP contribution in [0.3, 0.4) is 0 Å². The summed E-state index contributed by atoms with van der Waals surface area (Å²) in [6.07, 6.45) is 7.43. The van der Waals surface area contributed by atoms with Crippen molar-refractivity contribution in [2.45, 2.75) is 31.9 Å². The number of fused-ring (bicyclic) bond motifs is 1. The average Bonchev–Trinajstić information content (AvgIpc) is 3.69. The van der Waals surface area contributed by atoms with Gasteiger partial charge in [0.25, 0.3) is 0 Å². The molecule has 1 aliphatic rings. The maximum Gasteiger partial charge on any atom is 0.335 e. The number of pyridine rings is 1. The van der Waals surface area contributed by atoms with E-state index in [4.69, 9.17) is 44.1 Å². The molecule has 0 bridgehead atoms. The molecular formula is C36H24Cl3N3O4. The van der Waals surface area contributed by atoms with E-state index in [0.29, 0.717) is 55.7 Å². The van der Waals surface area contributed by atoms with Crippen LogP contribution in [0.25, 0.3) is 22.2 Å². The second kappa shape index (κ2) is 12.6. The number of carbonyl (C=O) groups is 1. The summed E-state index contributed by atoms with van der Waals surface area (Å²) in [6, 6.07) is 19.6. The molecule has 1 N–H and O–H groups in total. The van der Waals surface area contributed by atoms with Gasteiger partial charge >= 0.3 is 5.97 Å². The molecule has 0 atom stereocenters. The van der Waals surface area contributed by atoms with Gasteiger partial charge in [-0.05, 0) is 73.0 Å². The molecule has 0 spiro atoms. The van der Waals surface area contributed by atoms with Crippen LogP contribution < -0.4 is 4.74 Å². The number of hydrogen-bond donors (Lipinski definition) is 1. The summed E-state index contributed by atoms with van der Waals surface area (Å²) in [7, 11) is 0. The van der Waals surface area contributed by atoms with Crippen molar-refractivity contribution in [1.82, 2.24) is 14.7 Å². The monoisotopic (exact) mass is 667 g/mol. The zero-order valence-corrected chi connectivity index (χ0v) is 26.4. The third-order valence-electron chi connectivity index (χ3n) is 7.86. The molecule has 1 saturated carbocycles. The lowest BCUT2D eigenvalue weighted by atomic mass is 10.0. The number of carboxylic acid groups (broad SMARTS) is 1. The second-order valence-electron chi connectivity index (χ2n) is 11.0. The third kappa shape index (κ3) is 6.08. The number of benzene rings is 3. The molecular weight excluding hydrogens is 645 g/mol. The van der Waals surface area contributed by atoms with E-state index in [-0.39, 0.29) is 12.2 Å². The minimum Gasteiger partial charge on any atom is -0.489 e. The summed E-state index contributed by atoms with van der Waals surface area (Å²) in [5, 5.41) is 16.3. The molecule has 46 heavy (non-hydrogen) atoms. The molecule has 10 heteroatoms. The lowest BCUT2D eigenvalue weighted by Crippen LogP contribution is -2.01. The lowest BCUT2D eigenvalue weighted by Gasteiger charge is -2.10. The van der Waals surface area contributed by atoms with Crippen LogP contribution in [0.2, 0.25) is 15.1 Å². The Hall–Kier alpha value is -4.74. The van der Waals surface area contributed by atoms with Crippen LogP contribution in [-0.4, -0.2) is 25.8 Å². The van der Waals surface area contributed by atoms with Crippen molar-refractivity contribution < 1.29 is 19.2 Å². The molecule has 1 aliphatic carbocycles. The smallest absolute Gasteiger partial charge is 0.335 e. The Morgan fingerprint density at radius 3 is 2.43 bits per heavy atom. The lowest BCUT2D eigenvalue weighted by molar-refractivity contribution is 0.0697. The molecule has 7 rings (SSSR count). The fourth-order valence-electron chi connectivity index (χ4n) is 5.37. The molecule has 0 unspecified atom stereocenters. The molecule has 0 saturated heterocycles. The Bertz CT molecular complexity index is 2160. The van der Waals surface area contributed by atoms with E-state index in [0.717, 1.165) is 40.6 Å². The fourth-order valence-corrected chi connectivity index (χ4v) is 6.16. The third-order valence-corrected chi connectivity index (χ3v) is 8.80. The first-order chi connectivity index (χ1) is 22.4. The van der Waals surface area contributed by atoms with Crippen LogP contribution in [0.15, 0.2) is 89.8 Å². The summed E-state index contributed by atoms with van der Waals surface area (Å²) in [5.41, 5.74) is 5.11. The maximum absolute atomic E-state index is 12.0. The number of carboxylic acids is 1. The first kappa shape index (κ1) is 29.9. The van der Waals surface area contributed by atoms with Gasteiger partial charge in [0.05, 0.1) is 31.7 Å². The van der Waals surface area contributed by atoms with Crippen LogP contribution >= 0.6 is 34.8 Å². The molecule has 1 fully saturated rings. The number of rotatable bonds is 8. The number of aromatic nitrogens is 3.